The molecule has 0 aliphatic heterocycles. The van der Waals surface area contributed by atoms with E-state index in [1.54, 1.807) is 31.2 Å². The number of benzene rings is 1. The number of ether oxygens (including phenoxy) is 2. The van der Waals surface area contributed by atoms with Gasteiger partial charge in [-0.2, -0.15) is 0 Å². The van der Waals surface area contributed by atoms with Crippen molar-refractivity contribution in [2.45, 2.75) is 24.3 Å². The van der Waals surface area contributed by atoms with Crippen LogP contribution in [-0.2, 0) is 29.9 Å². The van der Waals surface area contributed by atoms with E-state index in [-0.39, 0.29) is 18.8 Å². The first kappa shape index (κ1) is 18.3. The van der Waals surface area contributed by atoms with Crippen LogP contribution in [0.5, 0.6) is 0 Å². The molecule has 1 aromatic rings. The second-order valence-electron chi connectivity index (χ2n) is 4.43. The van der Waals surface area contributed by atoms with Gasteiger partial charge in [-0.3, -0.25) is 9.00 Å². The number of carbonyl (C=O) groups excluding carboxylic acids is 2. The van der Waals surface area contributed by atoms with E-state index in [2.05, 4.69) is 10.1 Å². The molecule has 122 valence electrons. The lowest BCUT2D eigenvalue weighted by atomic mass is 10.2. The highest BCUT2D eigenvalue weighted by Crippen LogP contribution is 2.08. The lowest BCUT2D eigenvalue weighted by Gasteiger charge is -2.16. The zero-order valence-corrected chi connectivity index (χ0v) is 13.6. The van der Waals surface area contributed by atoms with Gasteiger partial charge in [0.2, 0.25) is 5.91 Å². The molecular formula is C15H21NO5S. The first-order valence-corrected chi connectivity index (χ1v) is 8.28. The topological polar surface area (TPSA) is 81.7 Å². The fraction of sp³-hybridized carbons (Fsp3) is 0.467. The molecule has 1 N–H and O–H groups in total. The minimum atomic E-state index is -1.23. The molecule has 1 rings (SSSR count). The van der Waals surface area contributed by atoms with Crippen molar-refractivity contribution >= 4 is 22.7 Å². The highest BCUT2D eigenvalue weighted by atomic mass is 32.2. The molecule has 7 heteroatoms. The third-order valence-electron chi connectivity index (χ3n) is 2.86. The van der Waals surface area contributed by atoms with Crippen molar-refractivity contribution in [3.8, 4) is 0 Å². The van der Waals surface area contributed by atoms with Crippen molar-refractivity contribution in [3.05, 3.63) is 30.3 Å². The van der Waals surface area contributed by atoms with Gasteiger partial charge in [0.25, 0.3) is 0 Å². The zero-order valence-electron chi connectivity index (χ0n) is 12.7. The van der Waals surface area contributed by atoms with Crippen molar-refractivity contribution in [1.82, 2.24) is 5.32 Å². The van der Waals surface area contributed by atoms with Crippen LogP contribution in [0.15, 0.2) is 35.2 Å². The molecule has 0 aromatic heterocycles. The summed E-state index contributed by atoms with van der Waals surface area (Å²) in [7, 11) is 0.0152. The molecule has 1 amide bonds. The van der Waals surface area contributed by atoms with Gasteiger partial charge in [0.05, 0.1) is 17.9 Å². The van der Waals surface area contributed by atoms with Gasteiger partial charge in [-0.05, 0) is 25.5 Å². The van der Waals surface area contributed by atoms with Crippen LogP contribution in [0.25, 0.3) is 0 Å². The van der Waals surface area contributed by atoms with E-state index in [9.17, 15) is 13.8 Å². The molecule has 0 aliphatic rings. The van der Waals surface area contributed by atoms with E-state index in [0.29, 0.717) is 11.5 Å². The fourth-order valence-electron chi connectivity index (χ4n) is 1.74. The van der Waals surface area contributed by atoms with Crippen LogP contribution in [0.3, 0.4) is 0 Å². The summed E-state index contributed by atoms with van der Waals surface area (Å²) in [5.74, 6) is -0.712. The summed E-state index contributed by atoms with van der Waals surface area (Å²) in [5, 5.41) is 2.54. The molecule has 0 fully saturated rings. The molecule has 0 radical (unpaired) electrons. The third kappa shape index (κ3) is 6.36. The van der Waals surface area contributed by atoms with Crippen LogP contribution in [-0.4, -0.2) is 48.2 Å². The summed E-state index contributed by atoms with van der Waals surface area (Å²) in [6.45, 7) is 2.06. The van der Waals surface area contributed by atoms with E-state index in [1.165, 1.54) is 7.11 Å². The van der Waals surface area contributed by atoms with E-state index in [4.69, 9.17) is 4.74 Å². The highest BCUT2D eigenvalue weighted by Gasteiger charge is 2.22. The van der Waals surface area contributed by atoms with Gasteiger partial charge in [-0.1, -0.05) is 18.2 Å². The smallest absolute Gasteiger partial charge is 0.328 e. The van der Waals surface area contributed by atoms with Gasteiger partial charge in [0.1, 0.15) is 12.6 Å². The normalized spacial score (nSPS) is 13.2. The molecule has 6 nitrogen and oxygen atoms in total. The fourth-order valence-corrected chi connectivity index (χ4v) is 2.88. The number of carbonyl (C=O) groups is 2. The van der Waals surface area contributed by atoms with Crippen molar-refractivity contribution in [2.24, 2.45) is 0 Å². The minimum Gasteiger partial charge on any atom is -0.467 e. The van der Waals surface area contributed by atoms with Crippen LogP contribution in [0, 0.1) is 0 Å². The van der Waals surface area contributed by atoms with Crippen molar-refractivity contribution in [2.75, 3.05) is 26.1 Å². The second-order valence-corrected chi connectivity index (χ2v) is 6.00. The lowest BCUT2D eigenvalue weighted by molar-refractivity contribution is -0.145. The van der Waals surface area contributed by atoms with E-state index >= 15 is 0 Å². The van der Waals surface area contributed by atoms with Crippen LogP contribution in [0.2, 0.25) is 0 Å². The summed E-state index contributed by atoms with van der Waals surface area (Å²) in [5.41, 5.74) is 0. The van der Waals surface area contributed by atoms with Crippen molar-refractivity contribution in [3.63, 3.8) is 0 Å². The number of methoxy groups -OCH3 is 1. The van der Waals surface area contributed by atoms with Gasteiger partial charge in [-0.25, -0.2) is 4.79 Å². The van der Waals surface area contributed by atoms with Crippen molar-refractivity contribution in [1.29, 1.82) is 0 Å². The largest absolute Gasteiger partial charge is 0.467 e. The maximum Gasteiger partial charge on any atom is 0.328 e. The maximum atomic E-state index is 12.1. The second kappa shape index (κ2) is 10.1. The van der Waals surface area contributed by atoms with E-state index < -0.39 is 28.7 Å². The van der Waals surface area contributed by atoms with E-state index in [1.807, 2.05) is 6.07 Å². The zero-order chi connectivity index (χ0) is 16.4. The lowest BCUT2D eigenvalue weighted by Crippen LogP contribution is -2.43. The molecule has 1 aromatic carbocycles. The van der Waals surface area contributed by atoms with Gasteiger partial charge in [-0.15, -0.1) is 0 Å². The predicted molar refractivity (Wildman–Crippen MR) is 82.8 cm³/mol. The Labute approximate surface area is 132 Å². The van der Waals surface area contributed by atoms with Crippen LogP contribution >= 0.6 is 0 Å². The Balaban J connectivity index is 2.56. The number of amides is 1. The van der Waals surface area contributed by atoms with Crippen LogP contribution in [0.1, 0.15) is 13.3 Å². The summed E-state index contributed by atoms with van der Waals surface area (Å²) in [6.07, 6.45) is 0.228. The molecule has 0 aliphatic carbocycles. The van der Waals surface area contributed by atoms with Gasteiger partial charge < -0.3 is 14.8 Å². The number of esters is 1. The predicted octanol–water partition coefficient (Wildman–Crippen LogP) is 0.879. The Hall–Kier alpha value is -1.73. The SMILES string of the molecule is CCOCC(=O)N[C@@H](CC[S@@](=O)c1ccccc1)C(=O)OC. The molecule has 0 saturated heterocycles. The molecule has 0 unspecified atom stereocenters. The average molecular weight is 327 g/mol. The third-order valence-corrected chi connectivity index (χ3v) is 4.26. The number of hydrogen-bond acceptors (Lipinski definition) is 5. The summed E-state index contributed by atoms with van der Waals surface area (Å²) >= 11 is 0. The first-order chi connectivity index (χ1) is 10.6. The minimum absolute atomic E-state index is 0.119. The van der Waals surface area contributed by atoms with Crippen LogP contribution in [0.4, 0.5) is 0 Å². The Morgan fingerprint density at radius 1 is 1.27 bits per heavy atom. The Morgan fingerprint density at radius 3 is 2.55 bits per heavy atom. The molecule has 0 bridgehead atoms. The Kier molecular flexibility index (Phi) is 8.39. The number of rotatable bonds is 9. The number of nitrogens with one attached hydrogen (secondary N) is 1. The molecule has 0 saturated carbocycles. The summed E-state index contributed by atoms with van der Waals surface area (Å²) in [6, 6.07) is 8.13. The molecule has 0 spiro atoms. The van der Waals surface area contributed by atoms with Crippen molar-refractivity contribution < 1.29 is 23.3 Å². The van der Waals surface area contributed by atoms with Gasteiger partial charge in [0, 0.05) is 17.3 Å². The standard InChI is InChI=1S/C15H21NO5S/c1-3-21-11-14(17)16-13(15(18)20-2)9-10-22(19)12-7-5-4-6-8-12/h4-8,13H,3,9-11H2,1-2H3,(H,16,17)/t13-,22+/m0/s1. The molecule has 22 heavy (non-hydrogen) atoms. The van der Waals surface area contributed by atoms with Gasteiger partial charge >= 0.3 is 5.97 Å². The molecular weight excluding hydrogens is 306 g/mol. The summed E-state index contributed by atoms with van der Waals surface area (Å²) in [4.78, 5) is 24.0. The van der Waals surface area contributed by atoms with E-state index in [0.717, 1.165) is 0 Å². The summed E-state index contributed by atoms with van der Waals surface area (Å²) < 4.78 is 21.8. The maximum absolute atomic E-state index is 12.1. The Bertz CT molecular complexity index is 506. The monoisotopic (exact) mass is 327 g/mol. The molecule has 0 heterocycles. The quantitative estimate of drug-likeness (QED) is 0.681. The Morgan fingerprint density at radius 2 is 1.95 bits per heavy atom. The first-order valence-electron chi connectivity index (χ1n) is 6.96. The highest BCUT2D eigenvalue weighted by molar-refractivity contribution is 7.85. The van der Waals surface area contributed by atoms with Gasteiger partial charge in [0.15, 0.2) is 0 Å². The average Bonchev–Trinajstić information content (AvgIpc) is 2.56. The van der Waals surface area contributed by atoms with Crippen LogP contribution < -0.4 is 5.32 Å². The number of hydrogen-bond donors (Lipinski definition) is 1. The molecule has 2 atom stereocenters.